The third-order valence-corrected chi connectivity index (χ3v) is 8.28. The van der Waals surface area contributed by atoms with Gasteiger partial charge in [-0.05, 0) is 86.1 Å². The van der Waals surface area contributed by atoms with Gasteiger partial charge in [0, 0.05) is 61.3 Å². The van der Waals surface area contributed by atoms with Gasteiger partial charge in [-0.3, -0.25) is 14.5 Å². The number of benzene rings is 2. The van der Waals surface area contributed by atoms with Gasteiger partial charge < -0.3 is 30.6 Å². The molecule has 1 aliphatic rings. The lowest BCUT2D eigenvalue weighted by Crippen LogP contribution is -2.34. The van der Waals surface area contributed by atoms with E-state index in [0.717, 1.165) is 58.5 Å². The molecule has 0 spiro atoms. The van der Waals surface area contributed by atoms with E-state index in [4.69, 9.17) is 4.74 Å². The Morgan fingerprint density at radius 3 is 2.42 bits per heavy atom. The van der Waals surface area contributed by atoms with Crippen molar-refractivity contribution in [3.63, 3.8) is 0 Å². The lowest BCUT2D eigenvalue weighted by atomic mass is 9.95. The molecule has 232 valence electrons. The van der Waals surface area contributed by atoms with Gasteiger partial charge in [0.15, 0.2) is 0 Å². The summed E-state index contributed by atoms with van der Waals surface area (Å²) in [5.41, 5.74) is 7.27. The van der Waals surface area contributed by atoms with E-state index in [1.165, 1.54) is 0 Å². The minimum Gasteiger partial charge on any atom is -0.395 e. The molecular formula is C34H46N4O5. The van der Waals surface area contributed by atoms with Crippen molar-refractivity contribution in [3.05, 3.63) is 86.3 Å². The van der Waals surface area contributed by atoms with Crippen LogP contribution in [0.2, 0.25) is 0 Å². The monoisotopic (exact) mass is 590 g/mol. The Kier molecular flexibility index (Phi) is 11.5. The molecule has 5 N–H and O–H groups in total. The Balaban J connectivity index is 1.63. The summed E-state index contributed by atoms with van der Waals surface area (Å²) in [6.45, 7) is 10.3. The fraction of sp³-hybridized carbons (Fsp3) is 0.471. The van der Waals surface area contributed by atoms with E-state index in [9.17, 15) is 19.8 Å². The molecule has 0 radical (unpaired) electrons. The van der Waals surface area contributed by atoms with Crippen molar-refractivity contribution >= 4 is 11.6 Å². The van der Waals surface area contributed by atoms with Crippen LogP contribution in [0.1, 0.15) is 64.5 Å². The zero-order valence-corrected chi connectivity index (χ0v) is 25.8. The summed E-state index contributed by atoms with van der Waals surface area (Å²) < 4.78 is 5.89. The highest BCUT2D eigenvalue weighted by atomic mass is 16.5. The van der Waals surface area contributed by atoms with Gasteiger partial charge in [0.2, 0.25) is 0 Å². The third kappa shape index (κ3) is 8.54. The number of aliphatic hydroxyl groups excluding tert-OH is 2. The van der Waals surface area contributed by atoms with Crippen molar-refractivity contribution in [1.29, 1.82) is 0 Å². The van der Waals surface area contributed by atoms with Crippen LogP contribution in [0.3, 0.4) is 0 Å². The fourth-order valence-electron chi connectivity index (χ4n) is 5.76. The minimum absolute atomic E-state index is 0.0338. The van der Waals surface area contributed by atoms with Crippen LogP contribution in [0.15, 0.2) is 47.3 Å². The fourth-order valence-corrected chi connectivity index (χ4v) is 5.76. The standard InChI is InChI=1S/C34H46N4O5/c1-5-29-19-28(10-15-43-29)37-32-18-27(26-8-6-25(7-9-26)21-38(11-13-39)12-14-40)17-30(24(32)4)33(41)35-20-31-22(2)16-23(3)36-34(31)42/h6-9,16-18,28-29,37,39-40H,5,10-15,19-21H2,1-4H3,(H,35,41)(H,36,42). The number of carbonyl (C=O) groups excluding carboxylic acids is 1. The topological polar surface area (TPSA) is 127 Å². The number of nitrogens with one attached hydrogen (secondary N) is 3. The second kappa shape index (κ2) is 15.3. The number of aromatic amines is 1. The van der Waals surface area contributed by atoms with Crippen LogP contribution in [0, 0.1) is 20.8 Å². The van der Waals surface area contributed by atoms with E-state index in [-0.39, 0.29) is 43.4 Å². The molecule has 9 heteroatoms. The number of aryl methyl sites for hydroxylation is 2. The average molecular weight is 591 g/mol. The zero-order chi connectivity index (χ0) is 30.9. The highest BCUT2D eigenvalue weighted by molar-refractivity contribution is 5.98. The average Bonchev–Trinajstić information content (AvgIpc) is 2.98. The van der Waals surface area contributed by atoms with Gasteiger partial charge in [-0.1, -0.05) is 31.2 Å². The molecule has 3 aromatic rings. The first kappa shape index (κ1) is 32.4. The molecule has 9 nitrogen and oxygen atoms in total. The lowest BCUT2D eigenvalue weighted by Gasteiger charge is -2.31. The molecule has 2 unspecified atom stereocenters. The third-order valence-electron chi connectivity index (χ3n) is 8.28. The molecule has 2 heterocycles. The quantitative estimate of drug-likeness (QED) is 0.203. The highest BCUT2D eigenvalue weighted by Gasteiger charge is 2.23. The molecular weight excluding hydrogens is 544 g/mol. The predicted octanol–water partition coefficient (Wildman–Crippen LogP) is 4.05. The number of H-pyrrole nitrogens is 1. The number of rotatable bonds is 13. The van der Waals surface area contributed by atoms with Crippen LogP contribution >= 0.6 is 0 Å². The molecule has 1 aliphatic heterocycles. The first-order valence-electron chi connectivity index (χ1n) is 15.3. The highest BCUT2D eigenvalue weighted by Crippen LogP contribution is 2.31. The summed E-state index contributed by atoms with van der Waals surface area (Å²) in [6, 6.07) is 14.3. The number of carbonyl (C=O) groups is 1. The van der Waals surface area contributed by atoms with Crippen molar-refractivity contribution in [2.24, 2.45) is 0 Å². The number of anilines is 1. The van der Waals surface area contributed by atoms with E-state index in [0.29, 0.717) is 37.4 Å². The smallest absolute Gasteiger partial charge is 0.253 e. The van der Waals surface area contributed by atoms with Crippen molar-refractivity contribution in [1.82, 2.24) is 15.2 Å². The molecule has 0 aliphatic carbocycles. The van der Waals surface area contributed by atoms with Crippen LogP contribution in [0.25, 0.3) is 11.1 Å². The van der Waals surface area contributed by atoms with Crippen LogP contribution in [0.4, 0.5) is 5.69 Å². The normalized spacial score (nSPS) is 16.8. The Morgan fingerprint density at radius 2 is 1.77 bits per heavy atom. The first-order valence-corrected chi connectivity index (χ1v) is 15.3. The number of aromatic nitrogens is 1. The summed E-state index contributed by atoms with van der Waals surface area (Å²) >= 11 is 0. The molecule has 4 rings (SSSR count). The predicted molar refractivity (Wildman–Crippen MR) is 170 cm³/mol. The van der Waals surface area contributed by atoms with Crippen molar-refractivity contribution < 1.29 is 19.7 Å². The largest absolute Gasteiger partial charge is 0.395 e. The minimum atomic E-state index is -0.236. The van der Waals surface area contributed by atoms with E-state index in [2.05, 4.69) is 28.6 Å². The van der Waals surface area contributed by atoms with Gasteiger partial charge in [-0.2, -0.15) is 0 Å². The van der Waals surface area contributed by atoms with Crippen LogP contribution < -0.4 is 16.2 Å². The molecule has 1 aromatic heterocycles. The molecule has 0 saturated carbocycles. The number of nitrogens with zero attached hydrogens (tertiary/aromatic N) is 1. The second-order valence-corrected chi connectivity index (χ2v) is 11.5. The number of pyridine rings is 1. The maximum atomic E-state index is 13.6. The summed E-state index contributed by atoms with van der Waals surface area (Å²) in [4.78, 5) is 31.0. The first-order chi connectivity index (χ1) is 20.7. The maximum absolute atomic E-state index is 13.6. The summed E-state index contributed by atoms with van der Waals surface area (Å²) in [6.07, 6.45) is 2.98. The molecule has 1 amide bonds. The molecule has 43 heavy (non-hydrogen) atoms. The molecule has 1 fully saturated rings. The maximum Gasteiger partial charge on any atom is 0.253 e. The van der Waals surface area contributed by atoms with Gasteiger partial charge in [-0.25, -0.2) is 0 Å². The van der Waals surface area contributed by atoms with Crippen molar-refractivity contribution in [2.45, 2.75) is 72.2 Å². The van der Waals surface area contributed by atoms with E-state index >= 15 is 0 Å². The number of aliphatic hydroxyl groups is 2. The molecule has 2 atom stereocenters. The Hall–Kier alpha value is -3.50. The summed E-state index contributed by atoms with van der Waals surface area (Å²) in [5.74, 6) is -0.236. The van der Waals surface area contributed by atoms with E-state index in [1.54, 1.807) is 0 Å². The van der Waals surface area contributed by atoms with Gasteiger partial charge in [0.1, 0.15) is 0 Å². The molecule has 1 saturated heterocycles. The SMILES string of the molecule is CCC1CC(Nc2cc(-c3ccc(CN(CCO)CCO)cc3)cc(C(=O)NCc3c(C)cc(C)[nH]c3=O)c2C)CCO1. The number of hydrogen-bond donors (Lipinski definition) is 5. The molecule has 2 aromatic carbocycles. The number of amides is 1. The Bertz CT molecular complexity index is 1430. The van der Waals surface area contributed by atoms with Crippen LogP contribution in [0.5, 0.6) is 0 Å². The van der Waals surface area contributed by atoms with Crippen molar-refractivity contribution in [2.75, 3.05) is 38.2 Å². The molecule has 0 bridgehead atoms. The Labute approximate surface area is 254 Å². The van der Waals surface area contributed by atoms with Crippen molar-refractivity contribution in [3.8, 4) is 11.1 Å². The summed E-state index contributed by atoms with van der Waals surface area (Å²) in [7, 11) is 0. The Morgan fingerprint density at radius 1 is 1.05 bits per heavy atom. The number of ether oxygens (including phenoxy) is 1. The van der Waals surface area contributed by atoms with E-state index < -0.39 is 0 Å². The zero-order valence-electron chi connectivity index (χ0n) is 25.8. The lowest BCUT2D eigenvalue weighted by molar-refractivity contribution is 0.00924. The van der Waals surface area contributed by atoms with Gasteiger partial charge in [-0.15, -0.1) is 0 Å². The van der Waals surface area contributed by atoms with E-state index in [1.807, 2.05) is 62.1 Å². The van der Waals surface area contributed by atoms with Crippen LogP contribution in [-0.4, -0.2) is 71.1 Å². The van der Waals surface area contributed by atoms with Gasteiger partial charge in [0.05, 0.1) is 19.3 Å². The number of hydrogen-bond acceptors (Lipinski definition) is 7. The second-order valence-electron chi connectivity index (χ2n) is 11.5. The van der Waals surface area contributed by atoms with Crippen LogP contribution in [-0.2, 0) is 17.8 Å². The van der Waals surface area contributed by atoms with Gasteiger partial charge >= 0.3 is 0 Å². The van der Waals surface area contributed by atoms with Gasteiger partial charge in [0.25, 0.3) is 11.5 Å². The summed E-state index contributed by atoms with van der Waals surface area (Å²) in [5, 5.41) is 25.4.